The Labute approximate surface area is 205 Å². The first kappa shape index (κ1) is 23.5. The molecule has 2 aromatic carbocycles. The highest BCUT2D eigenvalue weighted by atomic mass is 35.5. The van der Waals surface area contributed by atoms with Crippen molar-refractivity contribution in [2.24, 2.45) is 0 Å². The number of carbonyl (C=O) groups is 1. The average molecular weight is 507 g/mol. The first-order chi connectivity index (χ1) is 15.7. The van der Waals surface area contributed by atoms with Gasteiger partial charge in [-0.05, 0) is 50.6 Å². The van der Waals surface area contributed by atoms with Gasteiger partial charge in [-0.2, -0.15) is 5.10 Å². The molecular formula is C24H19Cl3FN3O2. The smallest absolute Gasteiger partial charge is 0.283 e. The van der Waals surface area contributed by atoms with E-state index >= 15 is 0 Å². The van der Waals surface area contributed by atoms with Gasteiger partial charge in [-0.1, -0.05) is 52.1 Å². The van der Waals surface area contributed by atoms with Gasteiger partial charge < -0.3 is 4.52 Å². The molecular weight excluding hydrogens is 488 g/mol. The van der Waals surface area contributed by atoms with Crippen molar-refractivity contribution in [2.75, 3.05) is 0 Å². The largest absolute Gasteiger partial charge is 0.361 e. The Balaban J connectivity index is 1.72. The van der Waals surface area contributed by atoms with Crippen molar-refractivity contribution in [1.29, 1.82) is 0 Å². The Morgan fingerprint density at radius 3 is 2.18 bits per heavy atom. The number of halogens is 4. The molecule has 0 N–H and O–H groups in total. The average Bonchev–Trinajstić information content (AvgIpc) is 3.26. The molecule has 0 aliphatic rings. The lowest BCUT2D eigenvalue weighted by atomic mass is 10.0. The SMILES string of the molecule is Cc1nn(C(=O)c2c(Cc3c(Cl)cccc3Cl)noc2C)c(C)c1Cc1c(F)cccc1Cl. The van der Waals surface area contributed by atoms with E-state index in [0.29, 0.717) is 49.0 Å². The summed E-state index contributed by atoms with van der Waals surface area (Å²) in [6.07, 6.45) is 0.426. The summed E-state index contributed by atoms with van der Waals surface area (Å²) < 4.78 is 21.0. The summed E-state index contributed by atoms with van der Waals surface area (Å²) in [5.41, 5.74) is 3.59. The van der Waals surface area contributed by atoms with E-state index < -0.39 is 11.7 Å². The third kappa shape index (κ3) is 4.43. The van der Waals surface area contributed by atoms with Gasteiger partial charge in [0.25, 0.3) is 5.91 Å². The highest BCUT2D eigenvalue weighted by Gasteiger charge is 2.27. The molecule has 0 bridgehead atoms. The molecule has 0 saturated carbocycles. The number of benzene rings is 2. The number of hydrogen-bond donors (Lipinski definition) is 0. The molecule has 170 valence electrons. The van der Waals surface area contributed by atoms with Crippen molar-refractivity contribution >= 4 is 40.7 Å². The topological polar surface area (TPSA) is 60.9 Å². The summed E-state index contributed by atoms with van der Waals surface area (Å²) in [6, 6.07) is 9.72. The second kappa shape index (κ2) is 9.29. The lowest BCUT2D eigenvalue weighted by Gasteiger charge is -2.08. The van der Waals surface area contributed by atoms with Crippen LogP contribution < -0.4 is 0 Å². The third-order valence-corrected chi connectivity index (χ3v) is 6.66. The van der Waals surface area contributed by atoms with Gasteiger partial charge >= 0.3 is 0 Å². The van der Waals surface area contributed by atoms with E-state index in [1.807, 2.05) is 0 Å². The Morgan fingerprint density at radius 1 is 0.939 bits per heavy atom. The molecule has 0 unspecified atom stereocenters. The monoisotopic (exact) mass is 505 g/mol. The maximum absolute atomic E-state index is 14.3. The fourth-order valence-corrected chi connectivity index (χ4v) is 4.55. The second-order valence-electron chi connectivity index (χ2n) is 7.68. The van der Waals surface area contributed by atoms with Crippen LogP contribution in [0, 0.1) is 26.6 Å². The summed E-state index contributed by atoms with van der Waals surface area (Å²) in [5, 5.41) is 9.75. The van der Waals surface area contributed by atoms with Crippen LogP contribution in [-0.2, 0) is 12.8 Å². The normalized spacial score (nSPS) is 11.2. The van der Waals surface area contributed by atoms with Crippen LogP contribution in [0.15, 0.2) is 40.9 Å². The van der Waals surface area contributed by atoms with Crippen LogP contribution >= 0.6 is 34.8 Å². The van der Waals surface area contributed by atoms with Gasteiger partial charge in [0.05, 0.1) is 5.69 Å². The highest BCUT2D eigenvalue weighted by Crippen LogP contribution is 2.30. The molecule has 0 saturated heterocycles. The van der Waals surface area contributed by atoms with Crippen molar-refractivity contribution in [3.05, 3.63) is 102 Å². The quantitative estimate of drug-likeness (QED) is 0.300. The van der Waals surface area contributed by atoms with E-state index in [-0.39, 0.29) is 18.4 Å². The van der Waals surface area contributed by atoms with E-state index in [0.717, 1.165) is 5.56 Å². The molecule has 5 nitrogen and oxygen atoms in total. The Bertz CT molecular complexity index is 1340. The summed E-state index contributed by atoms with van der Waals surface area (Å²) >= 11 is 18.8. The standard InChI is InChI=1S/C24H19Cl3FN3O2/c1-12-15(10-17-20(27)8-5-9-21(17)28)13(2)31(29-12)24(32)23-14(3)33-30-22(23)11-16-18(25)6-4-7-19(16)26/h4-9H,10-11H2,1-3H3. The Kier molecular flexibility index (Phi) is 6.61. The van der Waals surface area contributed by atoms with E-state index in [9.17, 15) is 9.18 Å². The number of nitrogens with zero attached hydrogens (tertiary/aromatic N) is 3. The zero-order valence-electron chi connectivity index (χ0n) is 18.0. The summed E-state index contributed by atoms with van der Waals surface area (Å²) in [4.78, 5) is 13.5. The lowest BCUT2D eigenvalue weighted by Crippen LogP contribution is -2.18. The molecule has 0 atom stereocenters. The van der Waals surface area contributed by atoms with Crippen molar-refractivity contribution < 1.29 is 13.7 Å². The number of rotatable bonds is 5. The molecule has 4 rings (SSSR count). The third-order valence-electron chi connectivity index (χ3n) is 5.60. The van der Waals surface area contributed by atoms with E-state index in [1.165, 1.54) is 10.7 Å². The first-order valence-electron chi connectivity index (χ1n) is 10.1. The maximum Gasteiger partial charge on any atom is 0.283 e. The van der Waals surface area contributed by atoms with Crippen LogP contribution in [-0.4, -0.2) is 20.8 Å². The molecule has 0 fully saturated rings. The van der Waals surface area contributed by atoms with Gasteiger partial charge in [-0.15, -0.1) is 0 Å². The molecule has 2 aromatic heterocycles. The van der Waals surface area contributed by atoms with E-state index in [1.54, 1.807) is 51.1 Å². The molecule has 33 heavy (non-hydrogen) atoms. The maximum atomic E-state index is 14.3. The minimum absolute atomic E-state index is 0.209. The van der Waals surface area contributed by atoms with Gasteiger partial charge in [0.1, 0.15) is 22.8 Å². The Morgan fingerprint density at radius 2 is 1.55 bits per heavy atom. The van der Waals surface area contributed by atoms with Gasteiger partial charge in [-0.25, -0.2) is 9.07 Å². The van der Waals surface area contributed by atoms with Crippen LogP contribution in [0.1, 0.15) is 49.9 Å². The number of aromatic nitrogens is 3. The van der Waals surface area contributed by atoms with Gasteiger partial charge in [0.2, 0.25) is 0 Å². The van der Waals surface area contributed by atoms with Crippen LogP contribution in [0.25, 0.3) is 0 Å². The van der Waals surface area contributed by atoms with Crippen molar-refractivity contribution in [1.82, 2.24) is 14.9 Å². The predicted molar refractivity (Wildman–Crippen MR) is 126 cm³/mol. The van der Waals surface area contributed by atoms with Crippen molar-refractivity contribution in [2.45, 2.75) is 33.6 Å². The number of carbonyl (C=O) groups excluding carboxylic acids is 1. The molecule has 0 aliphatic carbocycles. The van der Waals surface area contributed by atoms with Gasteiger partial charge in [0.15, 0.2) is 0 Å². The molecule has 0 amide bonds. The lowest BCUT2D eigenvalue weighted by molar-refractivity contribution is 0.0940. The summed E-state index contributed by atoms with van der Waals surface area (Å²) in [7, 11) is 0. The second-order valence-corrected chi connectivity index (χ2v) is 8.90. The Hall–Kier alpha value is -2.67. The molecule has 4 aromatic rings. The first-order valence-corrected chi connectivity index (χ1v) is 11.2. The summed E-state index contributed by atoms with van der Waals surface area (Å²) in [5.74, 6) is -0.461. The minimum Gasteiger partial charge on any atom is -0.361 e. The molecule has 0 spiro atoms. The molecule has 0 radical (unpaired) electrons. The predicted octanol–water partition coefficient (Wildman–Crippen LogP) is 6.77. The zero-order chi connectivity index (χ0) is 23.9. The van der Waals surface area contributed by atoms with Gasteiger partial charge in [-0.3, -0.25) is 4.79 Å². The zero-order valence-corrected chi connectivity index (χ0v) is 20.3. The number of aryl methyl sites for hydroxylation is 2. The molecule has 9 heteroatoms. The van der Waals surface area contributed by atoms with Gasteiger partial charge in [0, 0.05) is 44.7 Å². The minimum atomic E-state index is -0.408. The van der Waals surface area contributed by atoms with Crippen LogP contribution in [0.2, 0.25) is 15.1 Å². The number of hydrogen-bond acceptors (Lipinski definition) is 4. The highest BCUT2D eigenvalue weighted by molar-refractivity contribution is 6.36. The van der Waals surface area contributed by atoms with Crippen molar-refractivity contribution in [3.8, 4) is 0 Å². The molecule has 2 heterocycles. The molecule has 0 aliphatic heterocycles. The fourth-order valence-electron chi connectivity index (χ4n) is 3.79. The summed E-state index contributed by atoms with van der Waals surface area (Å²) in [6.45, 7) is 5.19. The van der Waals surface area contributed by atoms with Crippen LogP contribution in [0.4, 0.5) is 4.39 Å². The van der Waals surface area contributed by atoms with Crippen LogP contribution in [0.3, 0.4) is 0 Å². The van der Waals surface area contributed by atoms with E-state index in [2.05, 4.69) is 10.3 Å². The van der Waals surface area contributed by atoms with E-state index in [4.69, 9.17) is 39.3 Å². The van der Waals surface area contributed by atoms with Crippen LogP contribution in [0.5, 0.6) is 0 Å². The fraction of sp³-hybridized carbons (Fsp3) is 0.208. The van der Waals surface area contributed by atoms with Crippen molar-refractivity contribution in [3.63, 3.8) is 0 Å².